The van der Waals surface area contributed by atoms with Crippen LogP contribution in [-0.4, -0.2) is 29.2 Å². The molecule has 26 heavy (non-hydrogen) atoms. The van der Waals surface area contributed by atoms with Crippen molar-refractivity contribution in [2.75, 3.05) is 23.8 Å². The first-order chi connectivity index (χ1) is 12.7. The Bertz CT molecular complexity index is 908. The molecule has 0 spiro atoms. The fraction of sp³-hybridized carbons (Fsp3) is 0.263. The monoisotopic (exact) mass is 388 g/mol. The minimum atomic E-state index is 0.229. The summed E-state index contributed by atoms with van der Waals surface area (Å²) in [7, 11) is 0. The fourth-order valence-corrected chi connectivity index (χ4v) is 3.56. The molecule has 3 aromatic rings. The number of nitrogens with one attached hydrogen (secondary N) is 2. The van der Waals surface area contributed by atoms with Crippen LogP contribution in [0.4, 0.5) is 17.5 Å². The summed E-state index contributed by atoms with van der Waals surface area (Å²) in [5, 5.41) is 8.67. The van der Waals surface area contributed by atoms with Gasteiger partial charge in [0.15, 0.2) is 0 Å². The topological polar surface area (TPSA) is 59.1 Å². The summed E-state index contributed by atoms with van der Waals surface area (Å²) in [4.78, 5) is 9.23. The van der Waals surface area contributed by atoms with Gasteiger partial charge < -0.3 is 15.4 Å². The van der Waals surface area contributed by atoms with Gasteiger partial charge in [0.05, 0.1) is 11.6 Å². The molecule has 4 rings (SSSR count). The van der Waals surface area contributed by atoms with Gasteiger partial charge in [-0.15, -0.1) is 0 Å². The smallest absolute Gasteiger partial charge is 0.229 e. The molecule has 134 valence electrons. The zero-order valence-corrected chi connectivity index (χ0v) is 15.5. The number of hydrogen-bond donors (Lipinski definition) is 2. The summed E-state index contributed by atoms with van der Waals surface area (Å²) in [5.74, 6) is 1.26. The largest absolute Gasteiger partial charge is 0.376 e. The van der Waals surface area contributed by atoms with Crippen molar-refractivity contribution in [3.8, 4) is 0 Å². The van der Waals surface area contributed by atoms with E-state index in [4.69, 9.17) is 27.9 Å². The SMILES string of the molecule is Clc1cc(Cl)cc(Nc2nc(NC[C@@H]3CCCO3)c3ccccc3n2)c1. The maximum absolute atomic E-state index is 6.07. The van der Waals surface area contributed by atoms with Crippen LogP contribution in [0.15, 0.2) is 42.5 Å². The molecule has 0 amide bonds. The summed E-state index contributed by atoms with van der Waals surface area (Å²) >= 11 is 12.1. The van der Waals surface area contributed by atoms with E-state index in [-0.39, 0.29) is 6.10 Å². The standard InChI is InChI=1S/C19H18Cl2N4O/c20-12-8-13(21)10-14(9-12)23-19-24-17-6-2-1-5-16(17)18(25-19)22-11-15-4-3-7-26-15/h1-2,5-6,8-10,15H,3-4,7,11H2,(H2,22,23,24,25)/t15-/m0/s1. The van der Waals surface area contributed by atoms with Gasteiger partial charge in [-0.3, -0.25) is 0 Å². The molecule has 0 aliphatic carbocycles. The first kappa shape index (κ1) is 17.3. The highest BCUT2D eigenvalue weighted by Crippen LogP contribution is 2.27. The molecule has 5 nitrogen and oxygen atoms in total. The third-order valence-electron chi connectivity index (χ3n) is 4.24. The van der Waals surface area contributed by atoms with Crippen LogP contribution >= 0.6 is 23.2 Å². The molecule has 1 aliphatic heterocycles. The number of para-hydroxylation sites is 1. The Hall–Kier alpha value is -2.08. The predicted molar refractivity (Wildman–Crippen MR) is 107 cm³/mol. The molecule has 0 radical (unpaired) electrons. The van der Waals surface area contributed by atoms with E-state index < -0.39 is 0 Å². The van der Waals surface area contributed by atoms with Crippen molar-refractivity contribution >= 4 is 51.6 Å². The van der Waals surface area contributed by atoms with Crippen molar-refractivity contribution in [1.82, 2.24) is 9.97 Å². The number of ether oxygens (including phenoxy) is 1. The lowest BCUT2D eigenvalue weighted by Gasteiger charge is -2.14. The third kappa shape index (κ3) is 4.01. The highest BCUT2D eigenvalue weighted by molar-refractivity contribution is 6.35. The minimum Gasteiger partial charge on any atom is -0.376 e. The van der Waals surface area contributed by atoms with Crippen LogP contribution in [0.5, 0.6) is 0 Å². The lowest BCUT2D eigenvalue weighted by atomic mass is 10.2. The lowest BCUT2D eigenvalue weighted by Crippen LogP contribution is -2.19. The number of fused-ring (bicyclic) bond motifs is 1. The Morgan fingerprint density at radius 1 is 1.08 bits per heavy atom. The number of hydrogen-bond acceptors (Lipinski definition) is 5. The molecule has 1 saturated heterocycles. The number of aromatic nitrogens is 2. The second-order valence-corrected chi connectivity index (χ2v) is 7.08. The summed E-state index contributed by atoms with van der Waals surface area (Å²) < 4.78 is 5.69. The van der Waals surface area contributed by atoms with E-state index in [9.17, 15) is 0 Å². The highest BCUT2D eigenvalue weighted by Gasteiger charge is 2.16. The summed E-state index contributed by atoms with van der Waals surface area (Å²) in [5.41, 5.74) is 1.59. The van der Waals surface area contributed by atoms with Crippen LogP contribution in [0.1, 0.15) is 12.8 Å². The molecule has 0 saturated carbocycles. The van der Waals surface area contributed by atoms with Crippen molar-refractivity contribution in [1.29, 1.82) is 0 Å². The zero-order chi connectivity index (χ0) is 17.9. The van der Waals surface area contributed by atoms with E-state index in [1.165, 1.54) is 0 Å². The van der Waals surface area contributed by atoms with E-state index in [1.54, 1.807) is 18.2 Å². The average molecular weight is 389 g/mol. The van der Waals surface area contributed by atoms with Gasteiger partial charge in [-0.1, -0.05) is 35.3 Å². The van der Waals surface area contributed by atoms with Gasteiger partial charge in [0.25, 0.3) is 0 Å². The van der Waals surface area contributed by atoms with Crippen molar-refractivity contribution < 1.29 is 4.74 Å². The first-order valence-electron chi connectivity index (χ1n) is 8.53. The number of halogens is 2. The fourth-order valence-electron chi connectivity index (χ4n) is 3.04. The Morgan fingerprint density at radius 3 is 2.65 bits per heavy atom. The molecule has 7 heteroatoms. The maximum Gasteiger partial charge on any atom is 0.229 e. The zero-order valence-electron chi connectivity index (χ0n) is 14.0. The number of benzene rings is 2. The van der Waals surface area contributed by atoms with Crippen LogP contribution in [0.2, 0.25) is 10.0 Å². The second-order valence-electron chi connectivity index (χ2n) is 6.21. The Morgan fingerprint density at radius 2 is 1.88 bits per heavy atom. The molecule has 1 aliphatic rings. The normalized spacial score (nSPS) is 16.8. The van der Waals surface area contributed by atoms with Crippen LogP contribution in [0, 0.1) is 0 Å². The van der Waals surface area contributed by atoms with Gasteiger partial charge in [0.1, 0.15) is 5.82 Å². The van der Waals surface area contributed by atoms with Crippen molar-refractivity contribution in [3.63, 3.8) is 0 Å². The van der Waals surface area contributed by atoms with Crippen LogP contribution < -0.4 is 10.6 Å². The Balaban J connectivity index is 1.64. The number of anilines is 3. The average Bonchev–Trinajstić information content (AvgIpc) is 3.12. The van der Waals surface area contributed by atoms with Gasteiger partial charge in [-0.05, 0) is 43.2 Å². The second kappa shape index (κ2) is 7.66. The van der Waals surface area contributed by atoms with E-state index in [0.717, 1.165) is 48.4 Å². The summed E-state index contributed by atoms with van der Waals surface area (Å²) in [6.07, 6.45) is 2.41. The van der Waals surface area contributed by atoms with E-state index >= 15 is 0 Å². The van der Waals surface area contributed by atoms with Crippen molar-refractivity contribution in [3.05, 3.63) is 52.5 Å². The van der Waals surface area contributed by atoms with Gasteiger partial charge in [-0.25, -0.2) is 4.98 Å². The maximum atomic E-state index is 6.07. The molecule has 0 bridgehead atoms. The molecule has 1 fully saturated rings. The van der Waals surface area contributed by atoms with Gasteiger partial charge in [0, 0.05) is 34.3 Å². The van der Waals surface area contributed by atoms with Gasteiger partial charge >= 0.3 is 0 Å². The summed E-state index contributed by atoms with van der Waals surface area (Å²) in [6, 6.07) is 13.2. The molecule has 1 aromatic heterocycles. The van der Waals surface area contributed by atoms with E-state index in [0.29, 0.717) is 16.0 Å². The van der Waals surface area contributed by atoms with Crippen molar-refractivity contribution in [2.45, 2.75) is 18.9 Å². The van der Waals surface area contributed by atoms with Crippen LogP contribution in [-0.2, 0) is 4.74 Å². The Kier molecular flexibility index (Phi) is 5.11. The first-order valence-corrected chi connectivity index (χ1v) is 9.28. The lowest BCUT2D eigenvalue weighted by molar-refractivity contribution is 0.120. The third-order valence-corrected chi connectivity index (χ3v) is 4.68. The molecule has 1 atom stereocenters. The Labute approximate surface area is 161 Å². The molecule has 0 unspecified atom stereocenters. The quantitative estimate of drug-likeness (QED) is 0.623. The van der Waals surface area contributed by atoms with Gasteiger partial charge in [-0.2, -0.15) is 4.98 Å². The molecular weight excluding hydrogens is 371 g/mol. The summed E-state index contributed by atoms with van der Waals surface area (Å²) in [6.45, 7) is 1.56. The van der Waals surface area contributed by atoms with E-state index in [1.807, 2.05) is 24.3 Å². The van der Waals surface area contributed by atoms with Crippen LogP contribution in [0.3, 0.4) is 0 Å². The molecule has 2 N–H and O–H groups in total. The minimum absolute atomic E-state index is 0.229. The molecular formula is C19H18Cl2N4O. The highest BCUT2D eigenvalue weighted by atomic mass is 35.5. The van der Waals surface area contributed by atoms with Crippen molar-refractivity contribution in [2.24, 2.45) is 0 Å². The van der Waals surface area contributed by atoms with E-state index in [2.05, 4.69) is 20.6 Å². The van der Waals surface area contributed by atoms with Gasteiger partial charge in [0.2, 0.25) is 5.95 Å². The number of nitrogens with zero attached hydrogens (tertiary/aromatic N) is 2. The predicted octanol–water partition coefficient (Wildman–Crippen LogP) is 5.27. The molecule has 2 aromatic carbocycles. The number of rotatable bonds is 5. The van der Waals surface area contributed by atoms with Crippen LogP contribution in [0.25, 0.3) is 10.9 Å². The molecule has 2 heterocycles.